The van der Waals surface area contributed by atoms with Crippen LogP contribution >= 0.6 is 0 Å². The fourth-order valence-corrected chi connectivity index (χ4v) is 3.63. The van der Waals surface area contributed by atoms with Gasteiger partial charge in [-0.1, -0.05) is 0 Å². The van der Waals surface area contributed by atoms with Gasteiger partial charge in [-0.05, 0) is 50.6 Å². The van der Waals surface area contributed by atoms with E-state index in [2.05, 4.69) is 10.2 Å². The standard InChI is InChI=1S/C18H24FN3O3/c1-18(16(23)21(2)17(24)20-18)13-4-3-9-22(12-13)10-11-25-15-7-5-14(19)6-8-15/h5-8,13H,3-4,9-12H2,1-2H3,(H,20,24). The summed E-state index contributed by atoms with van der Waals surface area (Å²) >= 11 is 0. The molecule has 2 saturated heterocycles. The lowest BCUT2D eigenvalue weighted by Gasteiger charge is -2.39. The minimum Gasteiger partial charge on any atom is -0.492 e. The number of imide groups is 1. The SMILES string of the molecule is CN1C(=O)NC(C)(C2CCCN(CCOc3ccc(F)cc3)C2)C1=O. The highest BCUT2D eigenvalue weighted by molar-refractivity contribution is 6.06. The van der Waals surface area contributed by atoms with Crippen LogP contribution in [-0.2, 0) is 4.79 Å². The lowest BCUT2D eigenvalue weighted by Crippen LogP contribution is -2.56. The van der Waals surface area contributed by atoms with Crippen molar-refractivity contribution in [3.05, 3.63) is 30.1 Å². The maximum Gasteiger partial charge on any atom is 0.324 e. The lowest BCUT2D eigenvalue weighted by atomic mass is 9.80. The highest BCUT2D eigenvalue weighted by Gasteiger charge is 2.51. The van der Waals surface area contributed by atoms with Crippen LogP contribution in [0.1, 0.15) is 19.8 Å². The number of carbonyl (C=O) groups is 2. The monoisotopic (exact) mass is 349 g/mol. The molecule has 0 saturated carbocycles. The van der Waals surface area contributed by atoms with E-state index < -0.39 is 5.54 Å². The highest BCUT2D eigenvalue weighted by atomic mass is 19.1. The van der Waals surface area contributed by atoms with Crippen LogP contribution in [-0.4, -0.2) is 60.6 Å². The topological polar surface area (TPSA) is 61.9 Å². The van der Waals surface area contributed by atoms with E-state index >= 15 is 0 Å². The van der Waals surface area contributed by atoms with Gasteiger partial charge in [-0.25, -0.2) is 9.18 Å². The van der Waals surface area contributed by atoms with Gasteiger partial charge < -0.3 is 10.1 Å². The third-order valence-electron chi connectivity index (χ3n) is 5.23. The number of likely N-dealkylation sites (N-methyl/N-ethyl adjacent to an activating group) is 1. The van der Waals surface area contributed by atoms with Gasteiger partial charge in [0.2, 0.25) is 0 Å². The first-order valence-electron chi connectivity index (χ1n) is 8.61. The zero-order chi connectivity index (χ0) is 18.0. The van der Waals surface area contributed by atoms with Crippen LogP contribution in [0.5, 0.6) is 5.75 Å². The number of benzene rings is 1. The summed E-state index contributed by atoms with van der Waals surface area (Å²) in [5.41, 5.74) is -0.831. The maximum atomic E-state index is 12.9. The Kier molecular flexibility index (Phi) is 4.94. The number of piperidine rings is 1. The number of amides is 3. The first kappa shape index (κ1) is 17.7. The number of urea groups is 1. The van der Waals surface area contributed by atoms with Crippen molar-refractivity contribution in [3.8, 4) is 5.75 Å². The van der Waals surface area contributed by atoms with Crippen molar-refractivity contribution in [3.63, 3.8) is 0 Å². The number of nitrogens with one attached hydrogen (secondary N) is 1. The smallest absolute Gasteiger partial charge is 0.324 e. The fourth-order valence-electron chi connectivity index (χ4n) is 3.63. The van der Waals surface area contributed by atoms with Crippen molar-refractivity contribution < 1.29 is 18.7 Å². The Bertz CT molecular complexity index is 651. The van der Waals surface area contributed by atoms with Crippen LogP contribution in [0, 0.1) is 11.7 Å². The third kappa shape index (κ3) is 3.61. The summed E-state index contributed by atoms with van der Waals surface area (Å²) in [5.74, 6) is 0.273. The molecule has 2 aliphatic heterocycles. The van der Waals surface area contributed by atoms with Gasteiger partial charge in [-0.2, -0.15) is 0 Å². The van der Waals surface area contributed by atoms with Crippen molar-refractivity contribution >= 4 is 11.9 Å². The van der Waals surface area contributed by atoms with Gasteiger partial charge in [0.1, 0.15) is 23.7 Å². The van der Waals surface area contributed by atoms with Gasteiger partial charge in [0.05, 0.1) is 0 Å². The summed E-state index contributed by atoms with van der Waals surface area (Å²) < 4.78 is 18.5. The first-order valence-corrected chi connectivity index (χ1v) is 8.61. The van der Waals surface area contributed by atoms with Gasteiger partial charge in [0.15, 0.2) is 0 Å². The summed E-state index contributed by atoms with van der Waals surface area (Å²) in [6.07, 6.45) is 1.88. The number of likely N-dealkylation sites (tertiary alicyclic amines) is 1. The average molecular weight is 349 g/mol. The van der Waals surface area contributed by atoms with Gasteiger partial charge in [-0.3, -0.25) is 14.6 Å². The van der Waals surface area contributed by atoms with Crippen LogP contribution in [0.2, 0.25) is 0 Å². The van der Waals surface area contributed by atoms with Crippen molar-refractivity contribution in [1.29, 1.82) is 0 Å². The zero-order valence-corrected chi connectivity index (χ0v) is 14.6. The Labute approximate surface area is 146 Å². The highest BCUT2D eigenvalue weighted by Crippen LogP contribution is 2.31. The number of ether oxygens (including phenoxy) is 1. The molecule has 2 aliphatic rings. The Morgan fingerprint density at radius 1 is 1.32 bits per heavy atom. The second kappa shape index (κ2) is 7.00. The molecule has 1 aromatic rings. The molecule has 0 bridgehead atoms. The Balaban J connectivity index is 1.54. The fraction of sp³-hybridized carbons (Fsp3) is 0.556. The van der Waals surface area contributed by atoms with E-state index in [9.17, 15) is 14.0 Å². The second-order valence-electron chi connectivity index (χ2n) is 6.94. The molecule has 2 unspecified atom stereocenters. The minimum absolute atomic E-state index is 0.0773. The number of halogens is 1. The van der Waals surface area contributed by atoms with Crippen molar-refractivity contribution in [2.75, 3.05) is 33.3 Å². The van der Waals surface area contributed by atoms with E-state index in [0.717, 1.165) is 37.4 Å². The van der Waals surface area contributed by atoms with E-state index in [4.69, 9.17) is 4.74 Å². The van der Waals surface area contributed by atoms with Crippen LogP contribution < -0.4 is 10.1 Å². The van der Waals surface area contributed by atoms with Crippen LogP contribution in [0.25, 0.3) is 0 Å². The van der Waals surface area contributed by atoms with Crippen molar-refractivity contribution in [2.24, 2.45) is 5.92 Å². The maximum absolute atomic E-state index is 12.9. The Hall–Kier alpha value is -2.15. The zero-order valence-electron chi connectivity index (χ0n) is 14.6. The van der Waals surface area contributed by atoms with Crippen LogP contribution in [0.4, 0.5) is 9.18 Å². The summed E-state index contributed by atoms with van der Waals surface area (Å²) in [6.45, 7) is 4.72. The number of nitrogens with zero attached hydrogens (tertiary/aromatic N) is 2. The molecule has 0 spiro atoms. The molecule has 25 heavy (non-hydrogen) atoms. The van der Waals surface area contributed by atoms with Gasteiger partial charge in [0.25, 0.3) is 5.91 Å². The Morgan fingerprint density at radius 3 is 2.68 bits per heavy atom. The molecular weight excluding hydrogens is 325 g/mol. The summed E-state index contributed by atoms with van der Waals surface area (Å²) in [4.78, 5) is 27.7. The Morgan fingerprint density at radius 2 is 2.04 bits per heavy atom. The van der Waals surface area contributed by atoms with E-state index in [1.54, 1.807) is 12.1 Å². The molecule has 0 radical (unpaired) electrons. The van der Waals surface area contributed by atoms with Crippen LogP contribution in [0.3, 0.4) is 0 Å². The van der Waals surface area contributed by atoms with E-state index in [-0.39, 0.29) is 23.7 Å². The molecule has 136 valence electrons. The molecule has 0 aliphatic carbocycles. The normalized spacial score (nSPS) is 27.5. The second-order valence-corrected chi connectivity index (χ2v) is 6.94. The lowest BCUT2D eigenvalue weighted by molar-refractivity contribution is -0.132. The summed E-state index contributed by atoms with van der Waals surface area (Å²) in [5, 5.41) is 2.85. The van der Waals surface area contributed by atoms with Gasteiger partial charge in [0, 0.05) is 26.1 Å². The molecule has 2 fully saturated rings. The molecule has 3 amide bonds. The molecule has 2 atom stereocenters. The number of hydrogen-bond donors (Lipinski definition) is 1. The molecule has 6 nitrogen and oxygen atoms in total. The molecular formula is C18H24FN3O3. The first-order chi connectivity index (χ1) is 11.9. The molecule has 7 heteroatoms. The summed E-state index contributed by atoms with van der Waals surface area (Å²) in [6, 6.07) is 5.63. The quantitative estimate of drug-likeness (QED) is 0.824. The van der Waals surface area contributed by atoms with Crippen LogP contribution in [0.15, 0.2) is 24.3 Å². The number of hydrogen-bond acceptors (Lipinski definition) is 4. The molecule has 3 rings (SSSR count). The largest absolute Gasteiger partial charge is 0.492 e. The molecule has 2 heterocycles. The number of carbonyl (C=O) groups excluding carboxylic acids is 2. The molecule has 1 N–H and O–H groups in total. The van der Waals surface area contributed by atoms with Gasteiger partial charge >= 0.3 is 6.03 Å². The number of rotatable bonds is 5. The van der Waals surface area contributed by atoms with Crippen molar-refractivity contribution in [1.82, 2.24) is 15.1 Å². The van der Waals surface area contributed by atoms with E-state index in [0.29, 0.717) is 12.4 Å². The van der Waals surface area contributed by atoms with E-state index in [1.165, 1.54) is 19.2 Å². The van der Waals surface area contributed by atoms with E-state index in [1.807, 2.05) is 6.92 Å². The molecule has 1 aromatic carbocycles. The minimum atomic E-state index is -0.831. The predicted octanol–water partition coefficient (Wildman–Crippen LogP) is 1.86. The average Bonchev–Trinajstić information content (AvgIpc) is 2.81. The third-order valence-corrected chi connectivity index (χ3v) is 5.23. The van der Waals surface area contributed by atoms with Gasteiger partial charge in [-0.15, -0.1) is 0 Å². The summed E-state index contributed by atoms with van der Waals surface area (Å²) in [7, 11) is 1.51. The predicted molar refractivity (Wildman–Crippen MR) is 90.8 cm³/mol. The van der Waals surface area contributed by atoms with Crippen molar-refractivity contribution in [2.45, 2.75) is 25.3 Å². The molecule has 0 aromatic heterocycles.